The van der Waals surface area contributed by atoms with Gasteiger partial charge in [0, 0.05) is 44.4 Å². The van der Waals surface area contributed by atoms with E-state index in [1.165, 1.54) is 15.9 Å². The number of anilines is 1. The molecular weight excluding hydrogens is 571 g/mol. The molecule has 1 atom stereocenters. The Balaban J connectivity index is 1.77. The molecule has 228 valence electrons. The first-order valence-electron chi connectivity index (χ1n) is 13.4. The standard InChI is InChI=1S/C26H35N6O9P/c1-2-3-15-41-26(37)32-13-11-31(12-14-32)25(36)20(17-42(38,39)40)29-24(35)19-16-21(27-10-9-22(33)34)30-23(28-19)18-7-5-4-6-8-18/h4-8,16,20H,2-3,9-15,17H2,1H3,(H,29,35)(H,33,34)(H,27,28,30)(H2,38,39,40). The van der Waals surface area contributed by atoms with Crippen LogP contribution in [0.25, 0.3) is 11.4 Å². The average Bonchev–Trinajstić information content (AvgIpc) is 2.96. The number of aromatic nitrogens is 2. The van der Waals surface area contributed by atoms with Crippen molar-refractivity contribution in [3.8, 4) is 11.4 Å². The van der Waals surface area contributed by atoms with E-state index in [0.29, 0.717) is 5.56 Å². The summed E-state index contributed by atoms with van der Waals surface area (Å²) in [5.41, 5.74) is 0.354. The Morgan fingerprint density at radius 2 is 1.71 bits per heavy atom. The molecule has 2 aromatic rings. The van der Waals surface area contributed by atoms with Crippen molar-refractivity contribution < 1.29 is 43.4 Å². The Bertz CT molecular complexity index is 1300. The van der Waals surface area contributed by atoms with E-state index < -0.39 is 43.7 Å². The number of ether oxygens (including phenoxy) is 1. The lowest BCUT2D eigenvalue weighted by Crippen LogP contribution is -2.56. The number of carboxylic acids is 1. The molecule has 5 N–H and O–H groups in total. The Labute approximate surface area is 242 Å². The van der Waals surface area contributed by atoms with Crippen LogP contribution in [0.1, 0.15) is 36.7 Å². The first-order chi connectivity index (χ1) is 20.0. The zero-order valence-electron chi connectivity index (χ0n) is 23.1. The molecule has 3 rings (SSSR count). The van der Waals surface area contributed by atoms with Crippen LogP contribution in [0.3, 0.4) is 0 Å². The number of amides is 3. The summed E-state index contributed by atoms with van der Waals surface area (Å²) in [5.74, 6) is -2.36. The zero-order chi connectivity index (χ0) is 30.7. The fraction of sp³-hybridized carbons (Fsp3) is 0.462. The summed E-state index contributed by atoms with van der Waals surface area (Å²) in [6.45, 7) is 2.75. The van der Waals surface area contributed by atoms with Gasteiger partial charge in [0.05, 0.1) is 19.2 Å². The minimum atomic E-state index is -4.76. The number of aliphatic carboxylic acids is 1. The Morgan fingerprint density at radius 3 is 2.33 bits per heavy atom. The van der Waals surface area contributed by atoms with E-state index in [-0.39, 0.29) is 63.1 Å². The number of carbonyl (C=O) groups excluding carboxylic acids is 3. The van der Waals surface area contributed by atoms with Gasteiger partial charge >= 0.3 is 19.7 Å². The fourth-order valence-electron chi connectivity index (χ4n) is 4.05. The van der Waals surface area contributed by atoms with E-state index in [2.05, 4.69) is 20.6 Å². The number of carboxylic acid groups (broad SMARTS) is 1. The van der Waals surface area contributed by atoms with Gasteiger partial charge in [0.25, 0.3) is 5.91 Å². The number of benzene rings is 1. The first kappa shape index (κ1) is 32.4. The molecule has 0 spiro atoms. The van der Waals surface area contributed by atoms with Crippen LogP contribution in [0.5, 0.6) is 0 Å². The highest BCUT2D eigenvalue weighted by atomic mass is 31.2. The third-order valence-corrected chi connectivity index (χ3v) is 7.07. The van der Waals surface area contributed by atoms with E-state index in [9.17, 15) is 33.5 Å². The third kappa shape index (κ3) is 10.1. The molecule has 16 heteroatoms. The number of hydrogen-bond acceptors (Lipinski definition) is 9. The quantitative estimate of drug-likeness (QED) is 0.162. The molecule has 3 amide bonds. The molecule has 1 unspecified atom stereocenters. The SMILES string of the molecule is CCCCOC(=O)N1CCN(C(=O)C(CP(=O)(O)O)NC(=O)c2cc(NCCC(=O)O)nc(-c3ccccc3)n2)CC1. The monoisotopic (exact) mass is 606 g/mol. The predicted octanol–water partition coefficient (Wildman–Crippen LogP) is 1.39. The van der Waals surface area contributed by atoms with Crippen LogP contribution in [0, 0.1) is 0 Å². The van der Waals surface area contributed by atoms with Crippen molar-refractivity contribution in [2.75, 3.05) is 50.8 Å². The van der Waals surface area contributed by atoms with E-state index in [1.54, 1.807) is 30.3 Å². The van der Waals surface area contributed by atoms with Gasteiger partial charge in [-0.05, 0) is 6.42 Å². The Hall–Kier alpha value is -4.07. The van der Waals surface area contributed by atoms with Crippen LogP contribution in [-0.4, -0.2) is 110 Å². The van der Waals surface area contributed by atoms with Gasteiger partial charge in [-0.1, -0.05) is 43.7 Å². The minimum absolute atomic E-state index is 0.0130. The van der Waals surface area contributed by atoms with Gasteiger partial charge in [-0.2, -0.15) is 0 Å². The molecule has 42 heavy (non-hydrogen) atoms. The molecule has 0 bridgehead atoms. The Morgan fingerprint density at radius 1 is 1.05 bits per heavy atom. The normalized spacial score (nSPS) is 14.2. The summed E-state index contributed by atoms with van der Waals surface area (Å²) in [6.07, 6.45) is -0.0619. The summed E-state index contributed by atoms with van der Waals surface area (Å²) in [4.78, 5) is 80.4. The second-order valence-electron chi connectivity index (χ2n) is 9.55. The molecule has 0 saturated carbocycles. The number of nitrogens with one attached hydrogen (secondary N) is 2. The summed E-state index contributed by atoms with van der Waals surface area (Å²) in [5, 5.41) is 14.2. The van der Waals surface area contributed by atoms with E-state index in [4.69, 9.17) is 9.84 Å². The lowest BCUT2D eigenvalue weighted by molar-refractivity contribution is -0.136. The molecule has 0 aliphatic carbocycles. The lowest BCUT2D eigenvalue weighted by atomic mass is 10.2. The van der Waals surface area contributed by atoms with Crippen molar-refractivity contribution in [3.05, 3.63) is 42.1 Å². The van der Waals surface area contributed by atoms with Crippen molar-refractivity contribution in [1.29, 1.82) is 0 Å². The van der Waals surface area contributed by atoms with Crippen molar-refractivity contribution in [2.24, 2.45) is 0 Å². The maximum Gasteiger partial charge on any atom is 0.409 e. The van der Waals surface area contributed by atoms with Crippen LogP contribution in [0.2, 0.25) is 0 Å². The predicted molar refractivity (Wildman–Crippen MR) is 151 cm³/mol. The molecule has 1 aromatic carbocycles. The van der Waals surface area contributed by atoms with Crippen LogP contribution in [-0.2, 0) is 18.9 Å². The largest absolute Gasteiger partial charge is 0.481 e. The fourth-order valence-corrected chi connectivity index (χ4v) is 4.77. The number of hydrogen-bond donors (Lipinski definition) is 5. The highest BCUT2D eigenvalue weighted by molar-refractivity contribution is 7.51. The van der Waals surface area contributed by atoms with Gasteiger partial charge in [-0.15, -0.1) is 0 Å². The van der Waals surface area contributed by atoms with Crippen LogP contribution < -0.4 is 10.6 Å². The van der Waals surface area contributed by atoms with Crippen LogP contribution >= 0.6 is 7.60 Å². The van der Waals surface area contributed by atoms with Gasteiger partial charge in [0.2, 0.25) is 5.91 Å². The lowest BCUT2D eigenvalue weighted by Gasteiger charge is -2.36. The second kappa shape index (κ2) is 15.2. The highest BCUT2D eigenvalue weighted by Gasteiger charge is 2.35. The summed E-state index contributed by atoms with van der Waals surface area (Å²) >= 11 is 0. The number of carbonyl (C=O) groups is 4. The number of piperazine rings is 1. The average molecular weight is 607 g/mol. The number of rotatable bonds is 13. The second-order valence-corrected chi connectivity index (χ2v) is 11.2. The smallest absolute Gasteiger partial charge is 0.409 e. The maximum atomic E-state index is 13.3. The molecule has 1 aliphatic rings. The summed E-state index contributed by atoms with van der Waals surface area (Å²) in [6, 6.07) is 8.34. The number of nitrogens with zero attached hydrogens (tertiary/aromatic N) is 4. The van der Waals surface area contributed by atoms with E-state index in [1.807, 2.05) is 6.92 Å². The van der Waals surface area contributed by atoms with Gasteiger partial charge in [-0.3, -0.25) is 18.9 Å². The van der Waals surface area contributed by atoms with Crippen molar-refractivity contribution in [1.82, 2.24) is 25.1 Å². The topological polar surface area (TPSA) is 212 Å². The van der Waals surface area contributed by atoms with Gasteiger partial charge in [0.15, 0.2) is 5.82 Å². The molecular formula is C26H35N6O9P. The molecule has 0 radical (unpaired) electrons. The van der Waals surface area contributed by atoms with Gasteiger partial charge < -0.3 is 40.1 Å². The van der Waals surface area contributed by atoms with Crippen molar-refractivity contribution in [3.63, 3.8) is 0 Å². The van der Waals surface area contributed by atoms with Crippen molar-refractivity contribution in [2.45, 2.75) is 32.2 Å². The van der Waals surface area contributed by atoms with Crippen LogP contribution in [0.15, 0.2) is 36.4 Å². The van der Waals surface area contributed by atoms with Crippen LogP contribution in [0.4, 0.5) is 10.6 Å². The Kier molecular flexibility index (Phi) is 11.8. The first-order valence-corrected chi connectivity index (χ1v) is 15.2. The molecule has 2 heterocycles. The van der Waals surface area contributed by atoms with Gasteiger partial charge in [0.1, 0.15) is 17.6 Å². The number of unbranched alkanes of at least 4 members (excludes halogenated alkanes) is 1. The highest BCUT2D eigenvalue weighted by Crippen LogP contribution is 2.35. The van der Waals surface area contributed by atoms with E-state index >= 15 is 0 Å². The maximum absolute atomic E-state index is 13.3. The summed E-state index contributed by atoms with van der Waals surface area (Å²) < 4.78 is 17.1. The summed E-state index contributed by atoms with van der Waals surface area (Å²) in [7, 11) is -4.76. The van der Waals surface area contributed by atoms with E-state index in [0.717, 1.165) is 12.8 Å². The molecule has 1 aliphatic heterocycles. The molecule has 15 nitrogen and oxygen atoms in total. The van der Waals surface area contributed by atoms with Crippen molar-refractivity contribution >= 4 is 37.3 Å². The van der Waals surface area contributed by atoms with Gasteiger partial charge in [-0.25, -0.2) is 14.8 Å². The molecule has 1 aromatic heterocycles. The third-order valence-electron chi connectivity index (χ3n) is 6.23. The molecule has 1 saturated heterocycles. The zero-order valence-corrected chi connectivity index (χ0v) is 24.0. The minimum Gasteiger partial charge on any atom is -0.481 e. The molecule has 1 fully saturated rings.